The van der Waals surface area contributed by atoms with Crippen molar-refractivity contribution in [2.45, 2.75) is 44.8 Å². The number of carbonyl (C=O) groups is 2. The summed E-state index contributed by atoms with van der Waals surface area (Å²) in [5.41, 5.74) is 0.309. The van der Waals surface area contributed by atoms with Gasteiger partial charge >= 0.3 is 11.9 Å². The number of carbonyl (C=O) groups excluding carboxylic acids is 2. The Bertz CT molecular complexity index is 355. The minimum absolute atomic E-state index is 0.00363. The average molecular weight is 288 g/mol. The Hall–Kier alpha value is -1.01. The third-order valence-electron chi connectivity index (χ3n) is 2.67. The Morgan fingerprint density at radius 3 is 2.68 bits per heavy atom. The highest BCUT2D eigenvalue weighted by atomic mass is 32.2. The van der Waals surface area contributed by atoms with Gasteiger partial charge in [0.15, 0.2) is 0 Å². The maximum atomic E-state index is 11.5. The molecular weight excluding hydrogens is 268 g/mol. The van der Waals surface area contributed by atoms with E-state index in [1.54, 1.807) is 18.7 Å². The number of hydrogen-bond acceptors (Lipinski definition) is 6. The van der Waals surface area contributed by atoms with E-state index in [1.807, 2.05) is 6.92 Å². The number of ether oxygens (including phenoxy) is 3. The maximum absolute atomic E-state index is 11.5. The van der Waals surface area contributed by atoms with Crippen molar-refractivity contribution in [2.75, 3.05) is 12.4 Å². The van der Waals surface area contributed by atoms with Crippen molar-refractivity contribution < 1.29 is 23.8 Å². The predicted molar refractivity (Wildman–Crippen MR) is 72.7 cm³/mol. The van der Waals surface area contributed by atoms with Crippen molar-refractivity contribution in [1.29, 1.82) is 0 Å². The third kappa shape index (κ3) is 5.65. The third-order valence-corrected chi connectivity index (χ3v) is 4.05. The first-order valence-corrected chi connectivity index (χ1v) is 7.24. The molecule has 0 aliphatic carbocycles. The quantitative estimate of drug-likeness (QED) is 0.569. The van der Waals surface area contributed by atoms with Gasteiger partial charge in [0.25, 0.3) is 0 Å². The first-order chi connectivity index (χ1) is 8.90. The van der Waals surface area contributed by atoms with Crippen LogP contribution in [0.1, 0.15) is 27.2 Å². The fourth-order valence-corrected chi connectivity index (χ4v) is 2.32. The van der Waals surface area contributed by atoms with Gasteiger partial charge in [-0.05, 0) is 13.8 Å². The molecule has 1 aliphatic heterocycles. The molecule has 5 nitrogen and oxygen atoms in total. The standard InChI is InChI=1S/C13H20O5S/c1-8(2)13(15)16-6-5-11(14)18-12-7-19-10(4)9(3)17-12/h9-10,12H,1,5-7H2,2-4H3. The molecule has 1 saturated heterocycles. The number of esters is 2. The van der Waals surface area contributed by atoms with Crippen LogP contribution in [0.4, 0.5) is 0 Å². The summed E-state index contributed by atoms with van der Waals surface area (Å²) in [4.78, 5) is 22.6. The highest BCUT2D eigenvalue weighted by Gasteiger charge is 2.28. The summed E-state index contributed by atoms with van der Waals surface area (Å²) >= 11 is 1.71. The Morgan fingerprint density at radius 1 is 1.42 bits per heavy atom. The van der Waals surface area contributed by atoms with Crippen molar-refractivity contribution in [3.63, 3.8) is 0 Å². The minimum atomic E-state index is -0.513. The lowest BCUT2D eigenvalue weighted by atomic mass is 10.3. The lowest BCUT2D eigenvalue weighted by Crippen LogP contribution is -2.37. The molecule has 1 fully saturated rings. The molecule has 6 heteroatoms. The van der Waals surface area contributed by atoms with Crippen LogP contribution >= 0.6 is 11.8 Å². The Balaban J connectivity index is 2.21. The molecule has 0 aromatic rings. The average Bonchev–Trinajstić information content (AvgIpc) is 2.33. The smallest absolute Gasteiger partial charge is 0.333 e. The van der Waals surface area contributed by atoms with E-state index in [-0.39, 0.29) is 19.1 Å². The fourth-order valence-electron chi connectivity index (χ4n) is 1.37. The van der Waals surface area contributed by atoms with Crippen molar-refractivity contribution in [3.05, 3.63) is 12.2 Å². The summed E-state index contributed by atoms with van der Waals surface area (Å²) in [6.45, 7) is 9.02. The van der Waals surface area contributed by atoms with Crippen LogP contribution in [0.3, 0.4) is 0 Å². The molecular formula is C13H20O5S. The van der Waals surface area contributed by atoms with E-state index >= 15 is 0 Å². The summed E-state index contributed by atoms with van der Waals surface area (Å²) in [7, 11) is 0. The molecule has 108 valence electrons. The van der Waals surface area contributed by atoms with Gasteiger partial charge in [-0.1, -0.05) is 13.5 Å². The van der Waals surface area contributed by atoms with Crippen LogP contribution in [0, 0.1) is 0 Å². The summed E-state index contributed by atoms with van der Waals surface area (Å²) in [5, 5.41) is 0.395. The van der Waals surface area contributed by atoms with E-state index < -0.39 is 18.2 Å². The van der Waals surface area contributed by atoms with Crippen molar-refractivity contribution in [2.24, 2.45) is 0 Å². The van der Waals surface area contributed by atoms with E-state index in [9.17, 15) is 9.59 Å². The molecule has 0 aromatic carbocycles. The van der Waals surface area contributed by atoms with Gasteiger partial charge in [0.2, 0.25) is 6.29 Å². The lowest BCUT2D eigenvalue weighted by molar-refractivity contribution is -0.184. The second kappa shape index (κ2) is 7.55. The van der Waals surface area contributed by atoms with Gasteiger partial charge in [0.1, 0.15) is 6.61 Å². The van der Waals surface area contributed by atoms with Gasteiger partial charge < -0.3 is 14.2 Å². The summed E-state index contributed by atoms with van der Waals surface area (Å²) < 4.78 is 15.5. The van der Waals surface area contributed by atoms with Crippen LogP contribution in [0.15, 0.2) is 12.2 Å². The second-order valence-electron chi connectivity index (χ2n) is 4.47. The molecule has 1 aliphatic rings. The van der Waals surface area contributed by atoms with Crippen LogP contribution < -0.4 is 0 Å². The second-order valence-corrected chi connectivity index (χ2v) is 5.88. The van der Waals surface area contributed by atoms with Crippen LogP contribution in [-0.4, -0.2) is 41.9 Å². The molecule has 0 amide bonds. The number of hydrogen-bond donors (Lipinski definition) is 0. The van der Waals surface area contributed by atoms with E-state index in [2.05, 4.69) is 13.5 Å². The molecule has 0 N–H and O–H groups in total. The Kier molecular flexibility index (Phi) is 6.37. The normalized spacial score (nSPS) is 26.6. The molecule has 0 saturated carbocycles. The zero-order valence-corrected chi connectivity index (χ0v) is 12.3. The highest BCUT2D eigenvalue weighted by molar-refractivity contribution is 8.00. The zero-order valence-electron chi connectivity index (χ0n) is 11.5. The van der Waals surface area contributed by atoms with E-state index in [4.69, 9.17) is 14.2 Å². The van der Waals surface area contributed by atoms with Gasteiger partial charge in [0, 0.05) is 10.8 Å². The van der Waals surface area contributed by atoms with E-state index in [1.165, 1.54) is 0 Å². The molecule has 19 heavy (non-hydrogen) atoms. The van der Waals surface area contributed by atoms with E-state index in [0.29, 0.717) is 16.6 Å². The fraction of sp³-hybridized carbons (Fsp3) is 0.692. The van der Waals surface area contributed by atoms with Gasteiger partial charge in [-0.25, -0.2) is 4.79 Å². The van der Waals surface area contributed by atoms with Gasteiger partial charge in [-0.2, -0.15) is 0 Å². The van der Waals surface area contributed by atoms with Crippen LogP contribution in [0.5, 0.6) is 0 Å². The van der Waals surface area contributed by atoms with Crippen molar-refractivity contribution >= 4 is 23.7 Å². The molecule has 0 spiro atoms. The first-order valence-electron chi connectivity index (χ1n) is 6.19. The monoisotopic (exact) mass is 288 g/mol. The topological polar surface area (TPSA) is 61.8 Å². The van der Waals surface area contributed by atoms with E-state index in [0.717, 1.165) is 0 Å². The number of thioether (sulfide) groups is 1. The van der Waals surface area contributed by atoms with Crippen LogP contribution in [0.2, 0.25) is 0 Å². The van der Waals surface area contributed by atoms with Crippen LogP contribution in [-0.2, 0) is 23.8 Å². The molecule has 1 heterocycles. The SMILES string of the molecule is C=C(C)C(=O)OCCC(=O)OC1CSC(C)C(C)O1. The minimum Gasteiger partial charge on any atom is -0.462 e. The Labute approximate surface area is 117 Å². The van der Waals surface area contributed by atoms with Crippen LogP contribution in [0.25, 0.3) is 0 Å². The summed E-state index contributed by atoms with van der Waals surface area (Å²) in [6, 6.07) is 0. The Morgan fingerprint density at radius 2 is 2.11 bits per heavy atom. The molecule has 0 bridgehead atoms. The van der Waals surface area contributed by atoms with Crippen molar-refractivity contribution in [1.82, 2.24) is 0 Å². The van der Waals surface area contributed by atoms with Gasteiger partial charge in [-0.15, -0.1) is 11.8 Å². The molecule has 0 radical (unpaired) electrons. The summed E-state index contributed by atoms with van der Waals surface area (Å²) in [6.07, 6.45) is -0.439. The largest absolute Gasteiger partial charge is 0.462 e. The predicted octanol–water partition coefficient (Wildman–Crippen LogP) is 1.91. The lowest BCUT2D eigenvalue weighted by Gasteiger charge is -2.31. The zero-order chi connectivity index (χ0) is 14.4. The number of rotatable bonds is 5. The molecule has 3 atom stereocenters. The summed E-state index contributed by atoms with van der Waals surface area (Å²) in [5.74, 6) is -0.301. The van der Waals surface area contributed by atoms with Gasteiger partial charge in [-0.3, -0.25) is 4.79 Å². The van der Waals surface area contributed by atoms with Crippen molar-refractivity contribution in [3.8, 4) is 0 Å². The first kappa shape index (κ1) is 16.0. The van der Waals surface area contributed by atoms with Gasteiger partial charge in [0.05, 0.1) is 18.3 Å². The maximum Gasteiger partial charge on any atom is 0.333 e. The highest BCUT2D eigenvalue weighted by Crippen LogP contribution is 2.26. The molecule has 1 rings (SSSR count). The molecule has 0 aromatic heterocycles. The molecule has 3 unspecified atom stereocenters.